The predicted octanol–water partition coefficient (Wildman–Crippen LogP) is 8.57. The first-order valence-electron chi connectivity index (χ1n) is 15.9. The highest BCUT2D eigenvalue weighted by molar-refractivity contribution is 6.05. The molecule has 5 rings (SSSR count). The number of aromatic hydroxyl groups is 1. The van der Waals surface area contributed by atoms with Crippen molar-refractivity contribution in [2.75, 3.05) is 0 Å². The summed E-state index contributed by atoms with van der Waals surface area (Å²) in [6.07, 6.45) is 0.646. The highest BCUT2D eigenvalue weighted by Crippen LogP contribution is 2.51. The molecule has 2 N–H and O–H groups in total. The van der Waals surface area contributed by atoms with Crippen molar-refractivity contribution in [2.45, 2.75) is 105 Å². The van der Waals surface area contributed by atoms with E-state index in [1.54, 1.807) is 6.07 Å². The van der Waals surface area contributed by atoms with E-state index >= 15 is 0 Å². The van der Waals surface area contributed by atoms with Crippen molar-refractivity contribution in [3.63, 3.8) is 0 Å². The zero-order valence-electron chi connectivity index (χ0n) is 27.3. The van der Waals surface area contributed by atoms with E-state index in [1.807, 2.05) is 39.8 Å². The number of aliphatic hydroxyl groups is 1. The number of benzene rings is 4. The van der Waals surface area contributed by atoms with Crippen molar-refractivity contribution in [3.05, 3.63) is 82.9 Å². The van der Waals surface area contributed by atoms with E-state index in [-0.39, 0.29) is 42.8 Å². The van der Waals surface area contributed by atoms with E-state index in [2.05, 4.69) is 75.1 Å². The van der Waals surface area contributed by atoms with Crippen LogP contribution < -0.4 is 14.2 Å². The van der Waals surface area contributed by atoms with Crippen LogP contribution in [0.1, 0.15) is 83.7 Å². The Morgan fingerprint density at radius 2 is 1.41 bits per heavy atom. The maximum atomic E-state index is 11.3. The molecule has 44 heavy (non-hydrogen) atoms. The summed E-state index contributed by atoms with van der Waals surface area (Å²) in [4.78, 5) is 2.55. The van der Waals surface area contributed by atoms with Crippen molar-refractivity contribution >= 4 is 10.8 Å². The molecule has 1 aliphatic rings. The first-order chi connectivity index (χ1) is 21.0. The van der Waals surface area contributed by atoms with Gasteiger partial charge >= 0.3 is 0 Å². The Hall–Kier alpha value is -3.74. The molecule has 2 atom stereocenters. The zero-order valence-corrected chi connectivity index (χ0v) is 27.3. The quantitative estimate of drug-likeness (QED) is 0.191. The number of aliphatic hydroxyl groups excluding tert-OH is 1. The van der Waals surface area contributed by atoms with Gasteiger partial charge in [0.1, 0.15) is 23.0 Å². The summed E-state index contributed by atoms with van der Waals surface area (Å²) in [5.41, 5.74) is 6.19. The van der Waals surface area contributed by atoms with Crippen LogP contribution in [0, 0.1) is 0 Å². The third-order valence-electron chi connectivity index (χ3n) is 8.25. The molecule has 0 saturated heterocycles. The number of phenols is 1. The lowest BCUT2D eigenvalue weighted by Gasteiger charge is -2.42. The van der Waals surface area contributed by atoms with Crippen LogP contribution in [0.4, 0.5) is 0 Å². The fourth-order valence-electron chi connectivity index (χ4n) is 6.56. The monoisotopic (exact) mass is 597 g/mol. The Kier molecular flexibility index (Phi) is 9.42. The summed E-state index contributed by atoms with van der Waals surface area (Å²) in [6, 6.07) is 20.6. The van der Waals surface area contributed by atoms with Gasteiger partial charge in [-0.05, 0) is 114 Å². The Morgan fingerprint density at radius 1 is 0.773 bits per heavy atom. The highest BCUT2D eigenvalue weighted by Gasteiger charge is 2.36. The minimum absolute atomic E-state index is 0.0108. The second-order valence-corrected chi connectivity index (χ2v) is 12.8. The zero-order chi connectivity index (χ0) is 31.7. The van der Waals surface area contributed by atoms with Gasteiger partial charge < -0.3 is 24.4 Å². The molecule has 0 spiro atoms. The van der Waals surface area contributed by atoms with Crippen LogP contribution in [-0.2, 0) is 19.6 Å². The van der Waals surface area contributed by atoms with Crippen LogP contribution in [0.3, 0.4) is 0 Å². The molecule has 0 amide bonds. The van der Waals surface area contributed by atoms with Crippen molar-refractivity contribution in [3.8, 4) is 34.1 Å². The Bertz CT molecular complexity index is 1610. The number of phenolic OH excluding ortho intramolecular Hbond substituents is 1. The summed E-state index contributed by atoms with van der Waals surface area (Å²) in [6.45, 7) is 17.3. The number of hydrogen-bond acceptors (Lipinski definition) is 6. The van der Waals surface area contributed by atoms with Crippen LogP contribution in [0.25, 0.3) is 21.9 Å². The average Bonchev–Trinajstić information content (AvgIpc) is 2.95. The fourth-order valence-corrected chi connectivity index (χ4v) is 6.56. The smallest absolute Gasteiger partial charge is 0.131 e. The largest absolute Gasteiger partial charge is 0.507 e. The van der Waals surface area contributed by atoms with Crippen LogP contribution in [0.2, 0.25) is 0 Å². The standard InChI is InChI=1S/C38H47NO5/c1-22(2)42-33-15-14-29(30-17-28(21-40)18-32(41)38(30)33)37-31-16-25(7)39(20-27-12-10-9-11-13-27)26(8)36(31)34(43-23(3)4)19-35(37)44-24(5)6/h9-15,17-19,22-26,40-41H,16,20-21H2,1-8H3/t25-,26-/m1/s1. The van der Waals surface area contributed by atoms with Gasteiger partial charge in [0.05, 0.1) is 30.3 Å². The Balaban J connectivity index is 1.81. The highest BCUT2D eigenvalue weighted by atomic mass is 16.5. The van der Waals surface area contributed by atoms with E-state index in [0.29, 0.717) is 16.7 Å². The molecule has 4 aromatic carbocycles. The molecular formula is C38H47NO5. The van der Waals surface area contributed by atoms with Crippen molar-refractivity contribution in [1.29, 1.82) is 0 Å². The SMILES string of the molecule is CC(C)Oc1cc(OC(C)C)c2c(c1-c1ccc(OC(C)C)c3c(O)cc(CO)cc13)C[C@@H](C)N(Cc1ccccc1)[C@@H]2C. The summed E-state index contributed by atoms with van der Waals surface area (Å²) in [5, 5.41) is 22.8. The Labute approximate surface area is 262 Å². The molecule has 0 aromatic heterocycles. The van der Waals surface area contributed by atoms with E-state index in [0.717, 1.165) is 46.5 Å². The lowest BCUT2D eigenvalue weighted by Crippen LogP contribution is -2.41. The maximum Gasteiger partial charge on any atom is 0.131 e. The molecule has 4 aromatic rings. The van der Waals surface area contributed by atoms with Gasteiger partial charge in [0, 0.05) is 35.8 Å². The number of nitrogens with zero attached hydrogens (tertiary/aromatic N) is 1. The number of fused-ring (bicyclic) bond motifs is 2. The minimum atomic E-state index is -0.185. The number of rotatable bonds is 10. The van der Waals surface area contributed by atoms with Gasteiger partial charge in [-0.3, -0.25) is 4.90 Å². The normalized spacial score (nSPS) is 17.0. The molecule has 0 saturated carbocycles. The Morgan fingerprint density at radius 3 is 2.05 bits per heavy atom. The van der Waals surface area contributed by atoms with E-state index in [9.17, 15) is 10.2 Å². The van der Waals surface area contributed by atoms with Gasteiger partial charge in [-0.25, -0.2) is 0 Å². The van der Waals surface area contributed by atoms with Gasteiger partial charge in [0.25, 0.3) is 0 Å². The van der Waals surface area contributed by atoms with Crippen LogP contribution in [0.5, 0.6) is 23.0 Å². The molecular weight excluding hydrogens is 550 g/mol. The molecule has 0 radical (unpaired) electrons. The van der Waals surface area contributed by atoms with Gasteiger partial charge in [-0.1, -0.05) is 30.3 Å². The lowest BCUT2D eigenvalue weighted by atomic mass is 9.81. The second-order valence-electron chi connectivity index (χ2n) is 12.8. The molecule has 0 fully saturated rings. The molecule has 1 heterocycles. The van der Waals surface area contributed by atoms with Crippen LogP contribution in [-0.4, -0.2) is 39.5 Å². The average molecular weight is 598 g/mol. The molecule has 0 bridgehead atoms. The number of ether oxygens (including phenoxy) is 3. The van der Waals surface area contributed by atoms with Gasteiger partial charge in [-0.2, -0.15) is 0 Å². The second kappa shape index (κ2) is 13.1. The summed E-state index contributed by atoms with van der Waals surface area (Å²) in [7, 11) is 0. The lowest BCUT2D eigenvalue weighted by molar-refractivity contribution is 0.123. The first kappa shape index (κ1) is 31.7. The molecule has 6 nitrogen and oxygen atoms in total. The van der Waals surface area contributed by atoms with Crippen LogP contribution >= 0.6 is 0 Å². The number of hydrogen-bond donors (Lipinski definition) is 2. The van der Waals surface area contributed by atoms with Crippen molar-refractivity contribution < 1.29 is 24.4 Å². The topological polar surface area (TPSA) is 71.4 Å². The first-order valence-corrected chi connectivity index (χ1v) is 15.9. The minimum Gasteiger partial charge on any atom is -0.507 e. The van der Waals surface area contributed by atoms with Gasteiger partial charge in [0.2, 0.25) is 0 Å². The fraction of sp³-hybridized carbons (Fsp3) is 0.421. The molecule has 0 aliphatic carbocycles. The molecule has 1 aliphatic heterocycles. The van der Waals surface area contributed by atoms with E-state index in [4.69, 9.17) is 14.2 Å². The summed E-state index contributed by atoms with van der Waals surface area (Å²) < 4.78 is 19.3. The third kappa shape index (κ3) is 6.38. The molecule has 6 heteroatoms. The third-order valence-corrected chi connectivity index (χ3v) is 8.25. The summed E-state index contributed by atoms with van der Waals surface area (Å²) in [5.74, 6) is 2.28. The van der Waals surface area contributed by atoms with Crippen molar-refractivity contribution in [2.24, 2.45) is 0 Å². The summed E-state index contributed by atoms with van der Waals surface area (Å²) >= 11 is 0. The maximum absolute atomic E-state index is 11.3. The van der Waals surface area contributed by atoms with Gasteiger partial charge in [0.15, 0.2) is 0 Å². The predicted molar refractivity (Wildman–Crippen MR) is 178 cm³/mol. The molecule has 0 unspecified atom stereocenters. The van der Waals surface area contributed by atoms with Crippen molar-refractivity contribution in [1.82, 2.24) is 4.90 Å². The molecule has 234 valence electrons. The van der Waals surface area contributed by atoms with Crippen LogP contribution in [0.15, 0.2) is 60.7 Å². The van der Waals surface area contributed by atoms with E-state index in [1.165, 1.54) is 11.1 Å². The van der Waals surface area contributed by atoms with Gasteiger partial charge in [-0.15, -0.1) is 0 Å². The van der Waals surface area contributed by atoms with E-state index < -0.39 is 0 Å².